The van der Waals surface area contributed by atoms with Gasteiger partial charge in [0, 0.05) is 93.0 Å². The zero-order valence-corrected chi connectivity index (χ0v) is 96.1. The summed E-state index contributed by atoms with van der Waals surface area (Å²) in [6, 6.07) is 25.0. The number of H-pyrrole nitrogens is 2. The van der Waals surface area contributed by atoms with E-state index >= 15 is 0 Å². The molecule has 9 rings (SSSR count). The smallest absolute Gasteiger partial charge is 0.138 e. The predicted molar refractivity (Wildman–Crippen MR) is 582 cm³/mol. The number of nitrogens with zero attached hydrogens (tertiary/aromatic N) is 15. The number of imidazole rings is 1. The Morgan fingerprint density at radius 3 is 0.411 bits per heavy atom. The third-order valence-electron chi connectivity index (χ3n) is 4.29. The lowest BCUT2D eigenvalue weighted by atomic mass is 10.3. The van der Waals surface area contributed by atoms with Crippen LogP contribution in [0.4, 0.5) is 0 Å². The largest absolute Gasteiger partial charge is 0.351 e. The summed E-state index contributed by atoms with van der Waals surface area (Å²) >= 11 is 0. The van der Waals surface area contributed by atoms with E-state index in [-0.39, 0.29) is 0 Å². The molecule has 9 aromatic rings. The summed E-state index contributed by atoms with van der Waals surface area (Å²) in [6.45, 7) is 131. The fraction of sp³-hybridized carbons (Fsp3) is 0.673. The van der Waals surface area contributed by atoms with Crippen LogP contribution < -0.4 is 0 Å². The van der Waals surface area contributed by atoms with Gasteiger partial charge in [-0.05, 0) is 89.7 Å². The fourth-order valence-corrected chi connectivity index (χ4v) is 2.30. The van der Waals surface area contributed by atoms with Crippen LogP contribution in [0.1, 0.15) is 436 Å². The van der Waals surface area contributed by atoms with Crippen molar-refractivity contribution in [3.05, 3.63) is 216 Å². The quantitative estimate of drug-likeness (QED) is 0.144. The van der Waals surface area contributed by atoms with E-state index in [0.29, 0.717) is 0 Å². The summed E-state index contributed by atoms with van der Waals surface area (Å²) in [5, 5.41) is 20.2. The maximum atomic E-state index is 3.78. The summed E-state index contributed by atoms with van der Waals surface area (Å²) in [6.07, 6.45) is 35.6. The molecule has 0 spiro atoms. The molecule has 0 unspecified atom stereocenters. The van der Waals surface area contributed by atoms with Crippen LogP contribution in [0.2, 0.25) is 0 Å². The van der Waals surface area contributed by atoms with Gasteiger partial charge in [0.2, 0.25) is 0 Å². The van der Waals surface area contributed by atoms with E-state index in [1.54, 1.807) is 105 Å². The molecule has 0 saturated heterocycles. The van der Waals surface area contributed by atoms with Crippen LogP contribution in [0.25, 0.3) is 0 Å². The topological polar surface area (TPSA) is 225 Å². The van der Waals surface area contributed by atoms with Gasteiger partial charge in [0.25, 0.3) is 0 Å². The molecule has 0 fully saturated rings. The SMILES string of the molecule is CC.CC.CC.CC.CC.CC.CC.CC.CC.CC.CC.CC.CC.CC.CC.CC.CC.CC.CC(C)C.CC(C)C.CC(C)C.CC(C)C.CC(C)C.CC(C)C.CC(C)C.CC(C)C.CC(C)C.c1c[nH]cn1.c1ccccc1.c1ccncc1.c1ccnnc1.c1cn[nH]c1.c1cnccn1.c1cncnc1.c1cnncn1.c1ncncn1. The van der Waals surface area contributed by atoms with Crippen molar-refractivity contribution in [2.24, 2.45) is 53.3 Å². The summed E-state index contributed by atoms with van der Waals surface area (Å²) < 4.78 is 0. The Labute approximate surface area is 786 Å². The molecule has 0 aliphatic carbocycles. The normalized spacial score (nSPS) is 6.84. The molecule has 0 aliphatic heterocycles. The minimum Gasteiger partial charge on any atom is -0.351 e. The Hall–Kier alpha value is -7.95. The number of nitrogens with one attached hydrogen (secondary N) is 2. The molecule has 0 atom stereocenters. The Balaban J connectivity index is -0.0000000315. The summed E-state index contributed by atoms with van der Waals surface area (Å²) in [4.78, 5) is 39.3. The van der Waals surface area contributed by atoms with Crippen molar-refractivity contribution < 1.29 is 0 Å². The second-order valence-corrected chi connectivity index (χ2v) is 23.6. The molecule has 8 heterocycles. The molecule has 2 N–H and O–H groups in total. The number of pyridine rings is 1. The zero-order valence-electron chi connectivity index (χ0n) is 96.1. The van der Waals surface area contributed by atoms with Crippen LogP contribution >= 0.6 is 0 Å². The van der Waals surface area contributed by atoms with E-state index in [2.05, 4.69) is 272 Å². The van der Waals surface area contributed by atoms with Crippen LogP contribution in [-0.2, 0) is 0 Å². The fourth-order valence-electron chi connectivity index (χ4n) is 2.30. The molecule has 17 heteroatoms. The van der Waals surface area contributed by atoms with Crippen molar-refractivity contribution in [2.45, 2.75) is 436 Å². The van der Waals surface area contributed by atoms with Gasteiger partial charge in [-0.3, -0.25) is 20.1 Å². The van der Waals surface area contributed by atoms with Gasteiger partial charge in [-0.2, -0.15) is 20.4 Å². The molecule has 0 aliphatic rings. The maximum Gasteiger partial charge on any atom is 0.138 e. The number of hydrogen-bond donors (Lipinski definition) is 2. The van der Waals surface area contributed by atoms with E-state index in [1.807, 2.05) is 322 Å². The number of hydrogen-bond acceptors (Lipinski definition) is 15. The molecule has 17 nitrogen and oxygen atoms in total. The summed E-state index contributed by atoms with van der Waals surface area (Å²) in [7, 11) is 0. The Bertz CT molecular complexity index is 1560. The molecule has 0 radical (unpaired) electrons. The van der Waals surface area contributed by atoms with Gasteiger partial charge in [0.15, 0.2) is 0 Å². The third-order valence-corrected chi connectivity index (χ3v) is 4.29. The molecule has 0 saturated carbocycles. The van der Waals surface area contributed by atoms with E-state index in [4.69, 9.17) is 0 Å². The lowest BCUT2D eigenvalue weighted by molar-refractivity contribution is 0.736. The van der Waals surface area contributed by atoms with E-state index in [1.165, 1.54) is 37.8 Å². The zero-order chi connectivity index (χ0) is 105. The highest BCUT2D eigenvalue weighted by Gasteiger charge is 1.73. The molecule has 748 valence electrons. The van der Waals surface area contributed by atoms with Crippen LogP contribution in [0.5, 0.6) is 0 Å². The van der Waals surface area contributed by atoms with E-state index < -0.39 is 0 Å². The number of aromatic nitrogens is 17. The summed E-state index contributed by atoms with van der Waals surface area (Å²) in [5.41, 5.74) is 0. The van der Waals surface area contributed by atoms with Gasteiger partial charge < -0.3 is 4.98 Å². The molecule has 0 bridgehead atoms. The number of rotatable bonds is 0. The first-order chi connectivity index (χ1) is 59.6. The number of benzene rings is 1. The Morgan fingerprint density at radius 2 is 0.339 bits per heavy atom. The van der Waals surface area contributed by atoms with Crippen molar-refractivity contribution in [3.63, 3.8) is 0 Å². The van der Waals surface area contributed by atoms with Gasteiger partial charge >= 0.3 is 0 Å². The monoisotopic (exact) mass is 1760 g/mol. The highest BCUT2D eigenvalue weighted by atomic mass is 15.1. The second-order valence-electron chi connectivity index (χ2n) is 23.6. The standard InChI is InChI=1S/C6H6.C5H5N.3C4H4N2.9C4H10.2C3H3N3.2C3H4N2.18C2H6/c2*1-2-4-6-5-3-1;1-2-6-4-3-5-1;1-2-5-4-6-3-1;1-2-4-6-5-3-1;9*1-4(2)3;1-4-2-6-3-5-1;1-2-5-6-3-4-1;1-2-5-3-4-1;1-2-4-5-3-1;18*1-2/h1-6H;1-5H;3*1-4H;9*4H,1-3H3;2*1-3H;2*1-3H,(H,4,5);18*1-2H3. The molecular formula is C107H235N17. The highest BCUT2D eigenvalue weighted by Crippen LogP contribution is 1.86. The maximum absolute atomic E-state index is 3.78. The second kappa shape index (κ2) is 296. The summed E-state index contributed by atoms with van der Waals surface area (Å²) in [5.74, 6) is 7.50. The minimum absolute atomic E-state index is 0.833. The lowest BCUT2D eigenvalue weighted by Crippen LogP contribution is -1.75. The first kappa shape index (κ1) is 194. The molecule has 124 heavy (non-hydrogen) atoms. The van der Waals surface area contributed by atoms with Gasteiger partial charge in [-0.1, -0.05) is 479 Å². The van der Waals surface area contributed by atoms with Crippen molar-refractivity contribution in [1.82, 2.24) is 85.4 Å². The van der Waals surface area contributed by atoms with Crippen molar-refractivity contribution in [1.29, 1.82) is 0 Å². The molecule has 0 amide bonds. The Kier molecular flexibility index (Phi) is 463. The van der Waals surface area contributed by atoms with E-state index in [0.717, 1.165) is 53.3 Å². The highest BCUT2D eigenvalue weighted by molar-refractivity contribution is 4.99. The van der Waals surface area contributed by atoms with Crippen LogP contribution in [0.15, 0.2) is 216 Å². The van der Waals surface area contributed by atoms with Crippen LogP contribution in [0, 0.1) is 53.3 Å². The van der Waals surface area contributed by atoms with Gasteiger partial charge in [-0.25, -0.2) is 34.9 Å². The predicted octanol–water partition coefficient (Wildman–Crippen LogP) is 38.2. The van der Waals surface area contributed by atoms with E-state index in [9.17, 15) is 0 Å². The van der Waals surface area contributed by atoms with Crippen molar-refractivity contribution in [2.75, 3.05) is 0 Å². The lowest BCUT2D eigenvalue weighted by Gasteiger charge is -1.79. The van der Waals surface area contributed by atoms with Crippen LogP contribution in [-0.4, -0.2) is 85.4 Å². The first-order valence-corrected chi connectivity index (χ1v) is 48.5. The average molecular weight is 1760 g/mol. The van der Waals surface area contributed by atoms with Gasteiger partial charge in [0.1, 0.15) is 31.6 Å². The van der Waals surface area contributed by atoms with Gasteiger partial charge in [0.05, 0.1) is 12.5 Å². The molecular weight excluding hydrogens is 1520 g/mol. The molecule has 1 aromatic carbocycles. The van der Waals surface area contributed by atoms with Gasteiger partial charge in [-0.15, -0.1) is 5.10 Å². The van der Waals surface area contributed by atoms with Crippen molar-refractivity contribution in [3.8, 4) is 0 Å². The number of aromatic amines is 2. The minimum atomic E-state index is 0.833. The first-order valence-electron chi connectivity index (χ1n) is 48.5. The Morgan fingerprint density at radius 1 is 0.145 bits per heavy atom. The van der Waals surface area contributed by atoms with Crippen LogP contribution in [0.3, 0.4) is 0 Å². The van der Waals surface area contributed by atoms with Crippen molar-refractivity contribution >= 4 is 0 Å². The third kappa shape index (κ3) is 751. The molecule has 8 aromatic heterocycles. The average Bonchev–Trinajstić information content (AvgIpc) is 1.85.